The van der Waals surface area contributed by atoms with Crippen LogP contribution in [0.3, 0.4) is 0 Å². The van der Waals surface area contributed by atoms with Gasteiger partial charge in [0.2, 0.25) is 0 Å². The van der Waals surface area contributed by atoms with Crippen LogP contribution in [0.2, 0.25) is 0 Å². The van der Waals surface area contributed by atoms with Crippen molar-refractivity contribution in [2.24, 2.45) is 23.7 Å². The van der Waals surface area contributed by atoms with Crippen LogP contribution in [0, 0.1) is 23.7 Å². The number of rotatable bonds is 40. The van der Waals surface area contributed by atoms with Gasteiger partial charge in [-0.15, -0.1) is 0 Å². The molecule has 0 amide bonds. The van der Waals surface area contributed by atoms with E-state index >= 15 is 0 Å². The molecule has 0 saturated heterocycles. The van der Waals surface area contributed by atoms with Gasteiger partial charge in [-0.1, -0.05) is 68.3 Å². The summed E-state index contributed by atoms with van der Waals surface area (Å²) in [5, 5.41) is 0. The van der Waals surface area contributed by atoms with E-state index in [0.29, 0.717) is 141 Å². The number of esters is 7. The molecule has 0 unspecified atom stereocenters. The average molecular weight is 1330 g/mol. The van der Waals surface area contributed by atoms with Crippen molar-refractivity contribution in [1.82, 2.24) is 9.97 Å². The minimum Gasteiger partial charge on any atom is -0.494 e. The highest BCUT2D eigenvalue weighted by atomic mass is 16.6. The number of ether oxygens (including phenoxy) is 11. The van der Waals surface area contributed by atoms with Gasteiger partial charge in [-0.05, 0) is 175 Å². The number of carbonyl (C=O) groups excluding carboxylic acids is 7. The van der Waals surface area contributed by atoms with Crippen LogP contribution in [0.15, 0.2) is 153 Å². The lowest BCUT2D eigenvalue weighted by atomic mass is 9.82. The molecule has 2 aliphatic carbocycles. The Bertz CT molecular complexity index is 3570. The first-order valence-corrected chi connectivity index (χ1v) is 33.7. The Hall–Kier alpha value is -9.69. The summed E-state index contributed by atoms with van der Waals surface area (Å²) < 4.78 is 61.8. The third kappa shape index (κ3) is 24.8. The Morgan fingerprint density at radius 1 is 0.351 bits per heavy atom. The Balaban J connectivity index is 0.818. The number of unbranched alkanes of at least 4 members (excludes halogenated alkanes) is 6. The largest absolute Gasteiger partial charge is 0.494 e. The lowest BCUT2D eigenvalue weighted by molar-refractivity contribution is -0.152. The number of hydrogen-bond donors (Lipinski definition) is 0. The van der Waals surface area contributed by atoms with Crippen molar-refractivity contribution in [3.8, 4) is 51.3 Å². The molecule has 1 heterocycles. The fourth-order valence-corrected chi connectivity index (χ4v) is 11.3. The van der Waals surface area contributed by atoms with Gasteiger partial charge in [-0.3, -0.25) is 19.2 Å². The van der Waals surface area contributed by atoms with Gasteiger partial charge in [0, 0.05) is 48.3 Å². The molecule has 0 radical (unpaired) electrons. The van der Waals surface area contributed by atoms with E-state index in [1.54, 1.807) is 54.6 Å². The van der Waals surface area contributed by atoms with Gasteiger partial charge in [-0.2, -0.15) is 0 Å². The molecule has 0 bridgehead atoms. The van der Waals surface area contributed by atoms with Crippen molar-refractivity contribution in [3.63, 3.8) is 0 Å². The smallest absolute Gasteiger partial charge is 0.330 e. The Kier molecular flexibility index (Phi) is 30.2. The van der Waals surface area contributed by atoms with E-state index in [4.69, 9.17) is 62.1 Å². The molecule has 8 rings (SSSR count). The number of nitrogens with zero attached hydrogens (tertiary/aromatic N) is 2. The van der Waals surface area contributed by atoms with Crippen LogP contribution in [0.5, 0.6) is 28.7 Å². The number of carbonyl (C=O) groups is 7. The molecule has 2 aliphatic rings. The second kappa shape index (κ2) is 40.0. The molecule has 5 aromatic carbocycles. The van der Waals surface area contributed by atoms with Gasteiger partial charge in [0.1, 0.15) is 42.0 Å². The number of aromatic nitrogens is 2. The van der Waals surface area contributed by atoms with Crippen molar-refractivity contribution in [2.75, 3.05) is 66.1 Å². The van der Waals surface area contributed by atoms with E-state index < -0.39 is 41.7 Å². The van der Waals surface area contributed by atoms with Crippen molar-refractivity contribution in [2.45, 2.75) is 116 Å². The second-order valence-electron chi connectivity index (χ2n) is 23.8. The standard InChI is InChI=1S/C77H88N2O18/c1-4-69(80)91-43-13-9-7-11-41-88-62-33-21-54(22-34-62)39-45-94-74(83)56-25-29-58(30-26-56)76(85)96-65-19-15-17-60(51-65)72-73(79-68-53-64(37-38-67(68)78-72)90-49-47-87-48-50-93-71(82)6-3)61-18-16-20-66(52-61)97-77(86)59-31-27-57(28-32-59)75(84)95-46-40-55-23-35-63(36-24-55)89-42-12-8-10-14-44-92-70(81)5-2/h4-6,15-24,33-38,51-53,56-59H,1-3,7-14,25-32,39-50H2. The van der Waals surface area contributed by atoms with Crippen LogP contribution in [-0.4, -0.2) is 118 Å². The Labute approximate surface area is 567 Å². The van der Waals surface area contributed by atoms with Gasteiger partial charge in [0.05, 0.1) is 98.9 Å². The fraction of sp³-hybridized carbons (Fsp3) is 0.416. The van der Waals surface area contributed by atoms with Gasteiger partial charge in [0.25, 0.3) is 0 Å². The highest BCUT2D eigenvalue weighted by molar-refractivity contribution is 5.88. The predicted octanol–water partition coefficient (Wildman–Crippen LogP) is 13.4. The summed E-state index contributed by atoms with van der Waals surface area (Å²) in [6, 6.07) is 34.9. The maximum absolute atomic E-state index is 13.8. The van der Waals surface area contributed by atoms with Gasteiger partial charge in [0.15, 0.2) is 0 Å². The number of benzene rings is 5. The summed E-state index contributed by atoms with van der Waals surface area (Å²) in [5.41, 5.74) is 5.20. The minimum absolute atomic E-state index is 0.0794. The highest BCUT2D eigenvalue weighted by Crippen LogP contribution is 2.37. The van der Waals surface area contributed by atoms with Crippen molar-refractivity contribution >= 4 is 52.8 Å². The Morgan fingerprint density at radius 3 is 1.18 bits per heavy atom. The summed E-state index contributed by atoms with van der Waals surface area (Å²) in [5.74, 6) is -1.53. The Morgan fingerprint density at radius 2 is 0.732 bits per heavy atom. The molecule has 1 aromatic heterocycles. The third-order valence-electron chi connectivity index (χ3n) is 16.8. The summed E-state index contributed by atoms with van der Waals surface area (Å²) >= 11 is 0. The predicted molar refractivity (Wildman–Crippen MR) is 362 cm³/mol. The van der Waals surface area contributed by atoms with E-state index in [9.17, 15) is 33.6 Å². The summed E-state index contributed by atoms with van der Waals surface area (Å²) in [6.07, 6.45) is 15.5. The first-order chi connectivity index (χ1) is 47.3. The molecule has 0 atom stereocenters. The van der Waals surface area contributed by atoms with Crippen molar-refractivity contribution < 1.29 is 85.7 Å². The third-order valence-corrected chi connectivity index (χ3v) is 16.8. The minimum atomic E-state index is -0.531. The molecule has 20 heteroatoms. The van der Waals surface area contributed by atoms with E-state index in [2.05, 4.69) is 19.7 Å². The lowest BCUT2D eigenvalue weighted by Gasteiger charge is -2.26. The van der Waals surface area contributed by atoms with Crippen LogP contribution in [0.1, 0.15) is 114 Å². The van der Waals surface area contributed by atoms with E-state index in [0.717, 1.165) is 92.2 Å². The molecule has 514 valence electrons. The van der Waals surface area contributed by atoms with Crippen LogP contribution in [0.4, 0.5) is 0 Å². The molecule has 0 spiro atoms. The number of hydrogen-bond acceptors (Lipinski definition) is 20. The van der Waals surface area contributed by atoms with Crippen molar-refractivity contribution in [1.29, 1.82) is 0 Å². The summed E-state index contributed by atoms with van der Waals surface area (Å²) in [6.45, 7) is 13.3. The van der Waals surface area contributed by atoms with Gasteiger partial charge >= 0.3 is 41.8 Å². The lowest BCUT2D eigenvalue weighted by Crippen LogP contribution is -2.29. The topological polar surface area (TPSA) is 247 Å². The second-order valence-corrected chi connectivity index (χ2v) is 23.8. The van der Waals surface area contributed by atoms with Crippen LogP contribution in [0.25, 0.3) is 33.5 Å². The van der Waals surface area contributed by atoms with Gasteiger partial charge < -0.3 is 52.1 Å². The average Bonchev–Trinajstić information content (AvgIpc) is 0.820. The fourth-order valence-electron chi connectivity index (χ4n) is 11.3. The first kappa shape index (κ1) is 73.1. The molecule has 97 heavy (non-hydrogen) atoms. The normalized spacial score (nSPS) is 15.8. The van der Waals surface area contributed by atoms with Crippen molar-refractivity contribution in [3.05, 3.63) is 164 Å². The SMILES string of the molecule is C=CC(=O)OCCCCCCOc1ccc(CCOC(=O)C2CCC(C(=O)Oc3cccc(-c4nc5ccc(OCCOCCOC(=O)C=C)cc5nc4-c4cccc(OC(=O)C5CCC(C(=O)OCCc6ccc(OCCCCCCOC(=O)C=C)cc6)CC5)c4)c3)CC2)cc1. The van der Waals surface area contributed by atoms with E-state index in [1.165, 1.54) is 0 Å². The zero-order valence-corrected chi connectivity index (χ0v) is 55.2. The van der Waals surface area contributed by atoms with E-state index in [-0.39, 0.29) is 63.4 Å². The zero-order chi connectivity index (χ0) is 68.4. The van der Waals surface area contributed by atoms with Crippen LogP contribution in [-0.2, 0) is 74.8 Å². The zero-order valence-electron chi connectivity index (χ0n) is 55.2. The molecule has 20 nitrogen and oxygen atoms in total. The molecule has 2 fully saturated rings. The monoisotopic (exact) mass is 1330 g/mol. The van der Waals surface area contributed by atoms with Crippen LogP contribution < -0.4 is 23.7 Å². The maximum atomic E-state index is 13.8. The molecule has 0 aliphatic heterocycles. The highest BCUT2D eigenvalue weighted by Gasteiger charge is 2.34. The summed E-state index contributed by atoms with van der Waals surface area (Å²) in [7, 11) is 0. The van der Waals surface area contributed by atoms with E-state index in [1.807, 2.05) is 60.7 Å². The van der Waals surface area contributed by atoms with Crippen LogP contribution >= 0.6 is 0 Å². The molecular formula is C77H88N2O18. The maximum Gasteiger partial charge on any atom is 0.330 e. The summed E-state index contributed by atoms with van der Waals surface area (Å²) in [4.78, 5) is 98.0. The quantitative estimate of drug-likeness (QED) is 0.0114. The molecule has 2 saturated carbocycles. The van der Waals surface area contributed by atoms with Gasteiger partial charge in [-0.25, -0.2) is 24.4 Å². The molecular weight excluding hydrogens is 1240 g/mol. The number of fused-ring (bicyclic) bond motifs is 1. The first-order valence-electron chi connectivity index (χ1n) is 33.7. The molecule has 0 N–H and O–H groups in total. The molecule has 6 aromatic rings.